The van der Waals surface area contributed by atoms with Gasteiger partial charge in [0.2, 0.25) is 10.0 Å². The number of hydrogen-bond acceptors (Lipinski definition) is 4. The summed E-state index contributed by atoms with van der Waals surface area (Å²) in [5.74, 6) is -1.18. The summed E-state index contributed by atoms with van der Waals surface area (Å²) in [5, 5.41) is 18.1. The van der Waals surface area contributed by atoms with Gasteiger partial charge in [0.15, 0.2) is 0 Å². The van der Waals surface area contributed by atoms with Crippen LogP contribution in [0.25, 0.3) is 0 Å². The van der Waals surface area contributed by atoms with Crippen molar-refractivity contribution in [2.24, 2.45) is 0 Å². The van der Waals surface area contributed by atoms with E-state index >= 15 is 0 Å². The van der Waals surface area contributed by atoms with Gasteiger partial charge in [-0.05, 0) is 60.6 Å². The van der Waals surface area contributed by atoms with Crippen molar-refractivity contribution >= 4 is 38.6 Å². The number of aliphatic hydroxyl groups is 1. The van der Waals surface area contributed by atoms with Gasteiger partial charge in [-0.1, -0.05) is 6.92 Å². The van der Waals surface area contributed by atoms with Crippen LogP contribution in [0, 0.1) is 3.57 Å². The number of carboxylic acids is 1. The van der Waals surface area contributed by atoms with E-state index in [9.17, 15) is 13.2 Å². The molecular formula is C13H18INO5S. The third-order valence-electron chi connectivity index (χ3n) is 3.30. The quantitative estimate of drug-likeness (QED) is 0.576. The molecule has 1 rings (SSSR count). The number of carboxylic acid groups (broad SMARTS) is 1. The predicted molar refractivity (Wildman–Crippen MR) is 86.8 cm³/mol. The Bertz CT molecular complexity index is 631. The van der Waals surface area contributed by atoms with Crippen molar-refractivity contribution in [2.75, 3.05) is 6.61 Å². The minimum atomic E-state index is -3.85. The molecule has 118 valence electrons. The van der Waals surface area contributed by atoms with E-state index in [2.05, 4.69) is 4.72 Å². The second-order valence-electron chi connectivity index (χ2n) is 4.94. The van der Waals surface area contributed by atoms with E-state index in [1.807, 2.05) is 29.5 Å². The van der Waals surface area contributed by atoms with E-state index in [4.69, 9.17) is 10.2 Å². The maximum absolute atomic E-state index is 12.4. The van der Waals surface area contributed by atoms with Crippen LogP contribution in [0.1, 0.15) is 37.0 Å². The highest BCUT2D eigenvalue weighted by atomic mass is 127. The van der Waals surface area contributed by atoms with Gasteiger partial charge in [0.25, 0.3) is 0 Å². The van der Waals surface area contributed by atoms with Gasteiger partial charge < -0.3 is 10.2 Å². The first-order valence-electron chi connectivity index (χ1n) is 6.33. The van der Waals surface area contributed by atoms with Crippen LogP contribution in [0.15, 0.2) is 23.1 Å². The molecule has 6 nitrogen and oxygen atoms in total. The SMILES string of the molecule is CCC(C)(CCO)NS(=O)(=O)c1ccc(I)c(C(=O)O)c1. The lowest BCUT2D eigenvalue weighted by molar-refractivity contribution is 0.0695. The Morgan fingerprint density at radius 2 is 2.05 bits per heavy atom. The lowest BCUT2D eigenvalue weighted by Crippen LogP contribution is -2.46. The number of nitrogens with one attached hydrogen (secondary N) is 1. The van der Waals surface area contributed by atoms with Crippen LogP contribution in [0.2, 0.25) is 0 Å². The molecule has 0 aromatic heterocycles. The van der Waals surface area contributed by atoms with Crippen molar-refractivity contribution in [3.05, 3.63) is 27.3 Å². The second-order valence-corrected chi connectivity index (χ2v) is 7.78. The standard InChI is InChI=1S/C13H18INO5S/c1-3-13(2,6-7-16)15-21(19,20)9-4-5-11(14)10(8-9)12(17)18/h4-5,8,15-16H,3,6-7H2,1-2H3,(H,17,18). The van der Waals surface area contributed by atoms with E-state index in [1.54, 1.807) is 6.92 Å². The molecule has 0 aliphatic rings. The monoisotopic (exact) mass is 427 g/mol. The highest BCUT2D eigenvalue weighted by Gasteiger charge is 2.29. The van der Waals surface area contributed by atoms with Crippen molar-refractivity contribution < 1.29 is 23.4 Å². The molecule has 1 aromatic carbocycles. The minimum absolute atomic E-state index is 0.0566. The van der Waals surface area contributed by atoms with Gasteiger partial charge in [0.1, 0.15) is 0 Å². The zero-order chi connectivity index (χ0) is 16.3. The Labute approximate surface area is 137 Å². The average molecular weight is 427 g/mol. The Morgan fingerprint density at radius 1 is 1.43 bits per heavy atom. The van der Waals surface area contributed by atoms with Gasteiger partial charge in [-0.2, -0.15) is 0 Å². The molecule has 0 heterocycles. The van der Waals surface area contributed by atoms with Crippen LogP contribution in [-0.4, -0.2) is 36.7 Å². The molecule has 1 aromatic rings. The van der Waals surface area contributed by atoms with Gasteiger partial charge >= 0.3 is 5.97 Å². The fraction of sp³-hybridized carbons (Fsp3) is 0.462. The van der Waals surface area contributed by atoms with E-state index in [-0.39, 0.29) is 23.5 Å². The van der Waals surface area contributed by atoms with Crippen molar-refractivity contribution in [1.82, 2.24) is 4.72 Å². The number of rotatable bonds is 7. The molecule has 0 radical (unpaired) electrons. The molecule has 8 heteroatoms. The Balaban J connectivity index is 3.20. The summed E-state index contributed by atoms with van der Waals surface area (Å²) in [6, 6.07) is 3.96. The number of aromatic carboxylic acids is 1. The fourth-order valence-corrected chi connectivity index (χ4v) is 3.86. The minimum Gasteiger partial charge on any atom is -0.478 e. The van der Waals surface area contributed by atoms with Crippen LogP contribution >= 0.6 is 22.6 Å². The van der Waals surface area contributed by atoms with Crippen molar-refractivity contribution in [3.63, 3.8) is 0 Å². The molecular weight excluding hydrogens is 409 g/mol. The molecule has 0 spiro atoms. The summed E-state index contributed by atoms with van der Waals surface area (Å²) in [6.07, 6.45) is 0.780. The second kappa shape index (κ2) is 7.03. The number of halogens is 1. The maximum atomic E-state index is 12.4. The van der Waals surface area contributed by atoms with E-state index in [0.717, 1.165) is 6.07 Å². The van der Waals surface area contributed by atoms with Gasteiger partial charge in [0, 0.05) is 15.7 Å². The lowest BCUT2D eigenvalue weighted by Gasteiger charge is -2.28. The molecule has 3 N–H and O–H groups in total. The first kappa shape index (κ1) is 18.3. The number of benzene rings is 1. The molecule has 0 amide bonds. The maximum Gasteiger partial charge on any atom is 0.336 e. The smallest absolute Gasteiger partial charge is 0.336 e. The molecule has 21 heavy (non-hydrogen) atoms. The molecule has 0 saturated carbocycles. The molecule has 0 saturated heterocycles. The molecule has 1 atom stereocenters. The lowest BCUT2D eigenvalue weighted by atomic mass is 9.97. The summed E-state index contributed by atoms with van der Waals surface area (Å²) in [6.45, 7) is 3.38. The van der Waals surface area contributed by atoms with Gasteiger partial charge in [-0.3, -0.25) is 0 Å². The zero-order valence-corrected chi connectivity index (χ0v) is 14.7. The molecule has 0 bridgehead atoms. The normalized spacial score (nSPS) is 14.7. The summed E-state index contributed by atoms with van der Waals surface area (Å²) < 4.78 is 27.8. The number of carbonyl (C=O) groups is 1. The topological polar surface area (TPSA) is 104 Å². The van der Waals surface area contributed by atoms with Gasteiger partial charge in [0.05, 0.1) is 10.5 Å². The molecule has 0 aliphatic heterocycles. The van der Waals surface area contributed by atoms with Crippen LogP contribution in [0.3, 0.4) is 0 Å². The molecule has 0 fully saturated rings. The summed E-state index contributed by atoms with van der Waals surface area (Å²) in [5.41, 5.74) is -0.834. The van der Waals surface area contributed by atoms with Crippen LogP contribution in [0.4, 0.5) is 0 Å². The Hall–Kier alpha value is -0.710. The van der Waals surface area contributed by atoms with E-state index in [0.29, 0.717) is 9.99 Å². The average Bonchev–Trinajstić information content (AvgIpc) is 2.38. The molecule has 1 unspecified atom stereocenters. The fourth-order valence-electron chi connectivity index (χ4n) is 1.77. The Morgan fingerprint density at radius 3 is 2.52 bits per heavy atom. The van der Waals surface area contributed by atoms with E-state index < -0.39 is 21.5 Å². The third kappa shape index (κ3) is 4.63. The van der Waals surface area contributed by atoms with Gasteiger partial charge in [-0.15, -0.1) is 0 Å². The van der Waals surface area contributed by atoms with Gasteiger partial charge in [-0.25, -0.2) is 17.9 Å². The predicted octanol–water partition coefficient (Wildman–Crippen LogP) is 1.82. The zero-order valence-electron chi connectivity index (χ0n) is 11.8. The summed E-state index contributed by atoms with van der Waals surface area (Å²) >= 11 is 1.84. The first-order valence-corrected chi connectivity index (χ1v) is 8.89. The highest BCUT2D eigenvalue weighted by Crippen LogP contribution is 2.22. The molecule has 0 aliphatic carbocycles. The van der Waals surface area contributed by atoms with Crippen LogP contribution in [0.5, 0.6) is 0 Å². The van der Waals surface area contributed by atoms with Crippen molar-refractivity contribution in [3.8, 4) is 0 Å². The highest BCUT2D eigenvalue weighted by molar-refractivity contribution is 14.1. The van der Waals surface area contributed by atoms with Crippen LogP contribution in [-0.2, 0) is 10.0 Å². The number of sulfonamides is 1. The Kier molecular flexibility index (Phi) is 6.14. The van der Waals surface area contributed by atoms with Crippen molar-refractivity contribution in [1.29, 1.82) is 0 Å². The summed E-state index contributed by atoms with van der Waals surface area (Å²) in [4.78, 5) is 11.0. The number of hydrogen-bond donors (Lipinski definition) is 3. The first-order chi connectivity index (χ1) is 9.65. The largest absolute Gasteiger partial charge is 0.478 e. The number of aliphatic hydroxyl groups excluding tert-OH is 1. The van der Waals surface area contributed by atoms with E-state index in [1.165, 1.54) is 12.1 Å². The summed E-state index contributed by atoms with van der Waals surface area (Å²) in [7, 11) is -3.85. The third-order valence-corrected chi connectivity index (χ3v) is 5.88. The van der Waals surface area contributed by atoms with Crippen LogP contribution < -0.4 is 4.72 Å². The van der Waals surface area contributed by atoms with Crippen molar-refractivity contribution in [2.45, 2.75) is 37.1 Å².